The third-order valence-corrected chi connectivity index (χ3v) is 4.39. The monoisotopic (exact) mass is 330 g/mol. The number of amides is 1. The number of ether oxygens (including phenoxy) is 2. The highest BCUT2D eigenvalue weighted by atomic mass is 16.5. The summed E-state index contributed by atoms with van der Waals surface area (Å²) in [5.74, 6) is 1.64. The number of nitrogens with zero attached hydrogens (tertiary/aromatic N) is 4. The molecule has 128 valence electrons. The number of likely N-dealkylation sites (tertiary alicyclic amines) is 1. The molecule has 0 radical (unpaired) electrons. The van der Waals surface area contributed by atoms with Gasteiger partial charge >= 0.3 is 0 Å². The van der Waals surface area contributed by atoms with E-state index in [0.29, 0.717) is 13.0 Å². The van der Waals surface area contributed by atoms with Crippen molar-refractivity contribution >= 4 is 5.91 Å². The number of benzene rings is 1. The van der Waals surface area contributed by atoms with Gasteiger partial charge in [-0.15, -0.1) is 0 Å². The van der Waals surface area contributed by atoms with Crippen LogP contribution in [0, 0.1) is 0 Å². The van der Waals surface area contributed by atoms with E-state index in [4.69, 9.17) is 9.47 Å². The third kappa shape index (κ3) is 3.34. The minimum Gasteiger partial charge on any atom is -0.497 e. The van der Waals surface area contributed by atoms with E-state index in [0.717, 1.165) is 36.4 Å². The molecule has 0 aliphatic carbocycles. The normalized spacial score (nSPS) is 17.1. The molecule has 1 aromatic heterocycles. The van der Waals surface area contributed by atoms with Gasteiger partial charge in [0, 0.05) is 24.6 Å². The average Bonchev–Trinajstić information content (AvgIpc) is 3.30. The Morgan fingerprint density at radius 1 is 1.33 bits per heavy atom. The first kappa shape index (κ1) is 16.3. The number of rotatable bonds is 6. The summed E-state index contributed by atoms with van der Waals surface area (Å²) in [6.07, 6.45) is 5.46. The molecule has 2 aromatic rings. The fraction of sp³-hybridized carbons (Fsp3) is 0.471. The summed E-state index contributed by atoms with van der Waals surface area (Å²) in [6, 6.07) is 5.82. The van der Waals surface area contributed by atoms with Gasteiger partial charge in [0.1, 0.15) is 24.2 Å². The fourth-order valence-corrected chi connectivity index (χ4v) is 3.18. The molecule has 1 amide bonds. The van der Waals surface area contributed by atoms with E-state index in [9.17, 15) is 4.79 Å². The van der Waals surface area contributed by atoms with Crippen LogP contribution in [-0.4, -0.2) is 46.3 Å². The first-order valence-electron chi connectivity index (χ1n) is 8.06. The van der Waals surface area contributed by atoms with Crippen LogP contribution in [0.1, 0.15) is 30.9 Å². The molecule has 0 N–H and O–H groups in total. The minimum absolute atomic E-state index is 0.0501. The van der Waals surface area contributed by atoms with Gasteiger partial charge in [-0.2, -0.15) is 5.10 Å². The van der Waals surface area contributed by atoms with E-state index in [1.54, 1.807) is 25.2 Å². The van der Waals surface area contributed by atoms with Crippen LogP contribution in [-0.2, 0) is 11.3 Å². The summed E-state index contributed by atoms with van der Waals surface area (Å²) < 4.78 is 12.4. The van der Waals surface area contributed by atoms with Gasteiger partial charge < -0.3 is 14.4 Å². The molecule has 3 rings (SSSR count). The molecule has 1 aliphatic heterocycles. The van der Waals surface area contributed by atoms with Gasteiger partial charge in [0.2, 0.25) is 5.91 Å². The Bertz CT molecular complexity index is 687. The van der Waals surface area contributed by atoms with Crippen molar-refractivity contribution < 1.29 is 14.3 Å². The lowest BCUT2D eigenvalue weighted by Gasteiger charge is -2.26. The second-order valence-corrected chi connectivity index (χ2v) is 5.76. The lowest BCUT2D eigenvalue weighted by molar-refractivity contribution is -0.132. The maximum Gasteiger partial charge on any atom is 0.224 e. The highest BCUT2D eigenvalue weighted by Crippen LogP contribution is 2.38. The number of aromatic nitrogens is 3. The zero-order valence-electron chi connectivity index (χ0n) is 14.0. The van der Waals surface area contributed by atoms with Crippen molar-refractivity contribution in [1.82, 2.24) is 19.7 Å². The van der Waals surface area contributed by atoms with E-state index in [1.807, 2.05) is 23.1 Å². The summed E-state index contributed by atoms with van der Waals surface area (Å²) >= 11 is 0. The average molecular weight is 330 g/mol. The maximum atomic E-state index is 12.6. The van der Waals surface area contributed by atoms with Gasteiger partial charge in [0.25, 0.3) is 0 Å². The van der Waals surface area contributed by atoms with Gasteiger partial charge in [-0.05, 0) is 25.0 Å². The molecule has 1 aromatic carbocycles. The molecule has 7 nitrogen and oxygen atoms in total. The van der Waals surface area contributed by atoms with Crippen LogP contribution in [0.4, 0.5) is 0 Å². The number of carbonyl (C=O) groups is 1. The number of hydrogen-bond donors (Lipinski definition) is 0. The molecular weight excluding hydrogens is 308 g/mol. The van der Waals surface area contributed by atoms with Gasteiger partial charge in [0.15, 0.2) is 0 Å². The Kier molecular flexibility index (Phi) is 4.98. The van der Waals surface area contributed by atoms with Crippen molar-refractivity contribution in [3.63, 3.8) is 0 Å². The molecule has 1 saturated heterocycles. The second kappa shape index (κ2) is 7.33. The van der Waals surface area contributed by atoms with E-state index in [1.165, 1.54) is 6.33 Å². The molecule has 24 heavy (non-hydrogen) atoms. The minimum atomic E-state index is 0.0501. The molecule has 0 spiro atoms. The largest absolute Gasteiger partial charge is 0.497 e. The molecule has 1 atom stereocenters. The number of methoxy groups -OCH3 is 2. The van der Waals surface area contributed by atoms with E-state index in [-0.39, 0.29) is 11.9 Å². The van der Waals surface area contributed by atoms with Crippen LogP contribution < -0.4 is 9.47 Å². The fourth-order valence-electron chi connectivity index (χ4n) is 3.18. The number of aryl methyl sites for hydroxylation is 1. The molecule has 1 unspecified atom stereocenters. The van der Waals surface area contributed by atoms with Crippen LogP contribution in [0.5, 0.6) is 11.5 Å². The Balaban J connectivity index is 1.74. The maximum absolute atomic E-state index is 12.6. The van der Waals surface area contributed by atoms with Crippen LogP contribution in [0.25, 0.3) is 0 Å². The lowest BCUT2D eigenvalue weighted by atomic mass is 10.0. The zero-order valence-corrected chi connectivity index (χ0v) is 14.0. The summed E-state index contributed by atoms with van der Waals surface area (Å²) in [5, 5.41) is 4.04. The Hall–Kier alpha value is -2.57. The van der Waals surface area contributed by atoms with Gasteiger partial charge in [-0.3, -0.25) is 9.48 Å². The first-order chi connectivity index (χ1) is 11.7. The summed E-state index contributed by atoms with van der Waals surface area (Å²) in [4.78, 5) is 18.5. The van der Waals surface area contributed by atoms with Crippen molar-refractivity contribution in [3.8, 4) is 11.5 Å². The summed E-state index contributed by atoms with van der Waals surface area (Å²) in [6.45, 7) is 1.32. The summed E-state index contributed by atoms with van der Waals surface area (Å²) in [7, 11) is 3.27. The van der Waals surface area contributed by atoms with Crippen molar-refractivity contribution in [2.45, 2.75) is 31.8 Å². The van der Waals surface area contributed by atoms with E-state index in [2.05, 4.69) is 10.1 Å². The predicted octanol–water partition coefficient (Wildman–Crippen LogP) is 2.05. The van der Waals surface area contributed by atoms with Crippen LogP contribution in [0.3, 0.4) is 0 Å². The van der Waals surface area contributed by atoms with Gasteiger partial charge in [0.05, 0.1) is 26.8 Å². The molecule has 1 aliphatic rings. The van der Waals surface area contributed by atoms with Crippen LogP contribution in [0.2, 0.25) is 0 Å². The summed E-state index contributed by atoms with van der Waals surface area (Å²) in [5.41, 5.74) is 1.03. The SMILES string of the molecule is COc1ccc(C2CCCN2C(=O)CCn2cncn2)c(OC)c1. The molecule has 0 saturated carbocycles. The molecule has 1 fully saturated rings. The van der Waals surface area contributed by atoms with Crippen molar-refractivity contribution in [3.05, 3.63) is 36.4 Å². The molecular formula is C17H22N4O3. The Morgan fingerprint density at radius 2 is 2.21 bits per heavy atom. The van der Waals surface area contributed by atoms with Gasteiger partial charge in [-0.25, -0.2) is 4.98 Å². The number of carbonyl (C=O) groups excluding carboxylic acids is 1. The van der Waals surface area contributed by atoms with Crippen molar-refractivity contribution in [2.24, 2.45) is 0 Å². The molecule has 2 heterocycles. The topological polar surface area (TPSA) is 69.5 Å². The highest BCUT2D eigenvalue weighted by Gasteiger charge is 2.31. The first-order valence-corrected chi connectivity index (χ1v) is 8.06. The second-order valence-electron chi connectivity index (χ2n) is 5.76. The quantitative estimate of drug-likeness (QED) is 0.811. The Morgan fingerprint density at radius 3 is 2.92 bits per heavy atom. The number of hydrogen-bond acceptors (Lipinski definition) is 5. The van der Waals surface area contributed by atoms with Crippen molar-refractivity contribution in [1.29, 1.82) is 0 Å². The zero-order chi connectivity index (χ0) is 16.9. The van der Waals surface area contributed by atoms with Crippen LogP contribution in [0.15, 0.2) is 30.9 Å². The smallest absolute Gasteiger partial charge is 0.224 e. The highest BCUT2D eigenvalue weighted by molar-refractivity contribution is 5.77. The van der Waals surface area contributed by atoms with E-state index < -0.39 is 0 Å². The standard InChI is InChI=1S/C17H22N4O3/c1-23-13-5-6-14(16(10-13)24-2)15-4-3-8-21(15)17(22)7-9-20-12-18-11-19-20/h5-6,10-12,15H,3-4,7-9H2,1-2H3. The van der Waals surface area contributed by atoms with Crippen molar-refractivity contribution in [2.75, 3.05) is 20.8 Å². The molecule has 0 bridgehead atoms. The predicted molar refractivity (Wildman–Crippen MR) is 87.9 cm³/mol. The molecule has 7 heteroatoms. The van der Waals surface area contributed by atoms with Crippen LogP contribution >= 0.6 is 0 Å². The van der Waals surface area contributed by atoms with E-state index >= 15 is 0 Å². The third-order valence-electron chi connectivity index (χ3n) is 4.39. The van der Waals surface area contributed by atoms with Gasteiger partial charge in [-0.1, -0.05) is 0 Å². The Labute approximate surface area is 141 Å². The lowest BCUT2D eigenvalue weighted by Crippen LogP contribution is -2.31.